The number of allylic oxidation sites excluding steroid dienone is 3. The van der Waals surface area contributed by atoms with Crippen LogP contribution in [0.2, 0.25) is 0 Å². The summed E-state index contributed by atoms with van der Waals surface area (Å²) in [4.78, 5) is 0. The molecule has 0 saturated heterocycles. The van der Waals surface area contributed by atoms with E-state index < -0.39 is 0 Å². The molecule has 80 valence electrons. The van der Waals surface area contributed by atoms with Gasteiger partial charge in [0, 0.05) is 0 Å². The van der Waals surface area contributed by atoms with E-state index in [0.29, 0.717) is 0 Å². The van der Waals surface area contributed by atoms with Crippen LogP contribution < -0.4 is 0 Å². The highest BCUT2D eigenvalue weighted by Crippen LogP contribution is 2.09. The Hall–Kier alpha value is -1.30. The molecule has 1 aromatic rings. The van der Waals surface area contributed by atoms with E-state index in [9.17, 15) is 0 Å². The molecule has 0 aromatic heterocycles. The Kier molecular flexibility index (Phi) is 4.89. The Balaban J connectivity index is 2.50. The van der Waals surface area contributed by atoms with E-state index >= 15 is 0 Å². The predicted octanol–water partition coefficient (Wildman–Crippen LogP) is 4.45. The summed E-state index contributed by atoms with van der Waals surface area (Å²) in [5.41, 5.74) is 4.12. The lowest BCUT2D eigenvalue weighted by molar-refractivity contribution is 0.977. The molecule has 0 aliphatic carbocycles. The van der Waals surface area contributed by atoms with Crippen molar-refractivity contribution in [3.8, 4) is 0 Å². The van der Waals surface area contributed by atoms with E-state index in [1.165, 1.54) is 16.7 Å². The molecule has 1 aromatic carbocycles. The first-order chi connectivity index (χ1) is 7.26. The van der Waals surface area contributed by atoms with Crippen LogP contribution in [0.1, 0.15) is 30.9 Å². The Morgan fingerprint density at radius 1 is 1.40 bits per heavy atom. The van der Waals surface area contributed by atoms with E-state index in [0.717, 1.165) is 19.3 Å². The largest absolute Gasteiger partial charge is 0.0988 e. The molecule has 0 unspecified atom stereocenters. The Labute approximate surface area is 93.3 Å². The third-order valence-corrected chi connectivity index (χ3v) is 2.59. The molecular weight excluding hydrogens is 180 g/mol. The highest BCUT2D eigenvalue weighted by atomic mass is 14.0. The topological polar surface area (TPSA) is 0 Å². The van der Waals surface area contributed by atoms with Gasteiger partial charge in [-0.1, -0.05) is 61.1 Å². The van der Waals surface area contributed by atoms with Gasteiger partial charge in [-0.05, 0) is 31.7 Å². The SMILES string of the molecule is C=C/C(=C\CCc1cccc(C)c1)CC. The lowest BCUT2D eigenvalue weighted by atomic mass is 10.1. The molecule has 0 atom stereocenters. The van der Waals surface area contributed by atoms with Crippen LogP contribution in [0.4, 0.5) is 0 Å². The van der Waals surface area contributed by atoms with Gasteiger partial charge in [-0.15, -0.1) is 0 Å². The standard InChI is InChI=1S/C15H20/c1-4-14(5-2)9-7-11-15-10-6-8-13(3)12-15/h4,6,8-10,12H,1,5,7,11H2,2-3H3/b14-9+. The quantitative estimate of drug-likeness (QED) is 0.616. The van der Waals surface area contributed by atoms with Crippen molar-refractivity contribution in [1.82, 2.24) is 0 Å². The van der Waals surface area contributed by atoms with Crippen LogP contribution in [-0.4, -0.2) is 0 Å². The first-order valence-corrected chi connectivity index (χ1v) is 5.63. The van der Waals surface area contributed by atoms with Crippen LogP contribution in [0.3, 0.4) is 0 Å². The molecule has 0 N–H and O–H groups in total. The van der Waals surface area contributed by atoms with Crippen molar-refractivity contribution in [3.05, 3.63) is 59.7 Å². The second-order valence-electron chi connectivity index (χ2n) is 3.86. The predicted molar refractivity (Wildman–Crippen MR) is 68.1 cm³/mol. The highest BCUT2D eigenvalue weighted by molar-refractivity contribution is 5.23. The summed E-state index contributed by atoms with van der Waals surface area (Å²) in [6.07, 6.45) is 7.56. The molecular formula is C15H20. The molecule has 0 bridgehead atoms. The molecule has 0 saturated carbocycles. The molecule has 15 heavy (non-hydrogen) atoms. The van der Waals surface area contributed by atoms with Gasteiger partial charge in [0.05, 0.1) is 0 Å². The summed E-state index contributed by atoms with van der Waals surface area (Å²) in [5, 5.41) is 0. The molecule has 0 radical (unpaired) electrons. The zero-order valence-corrected chi connectivity index (χ0v) is 9.79. The van der Waals surface area contributed by atoms with Gasteiger partial charge < -0.3 is 0 Å². The van der Waals surface area contributed by atoms with Crippen LogP contribution in [0.25, 0.3) is 0 Å². The van der Waals surface area contributed by atoms with E-state index in [-0.39, 0.29) is 0 Å². The van der Waals surface area contributed by atoms with Gasteiger partial charge in [0.15, 0.2) is 0 Å². The van der Waals surface area contributed by atoms with Crippen LogP contribution >= 0.6 is 0 Å². The number of hydrogen-bond donors (Lipinski definition) is 0. The zero-order valence-electron chi connectivity index (χ0n) is 9.79. The highest BCUT2D eigenvalue weighted by Gasteiger charge is 1.92. The van der Waals surface area contributed by atoms with E-state index in [2.05, 4.69) is 50.8 Å². The molecule has 0 heterocycles. The lowest BCUT2D eigenvalue weighted by Gasteiger charge is -2.01. The molecule has 0 fully saturated rings. The van der Waals surface area contributed by atoms with E-state index in [1.807, 2.05) is 6.08 Å². The van der Waals surface area contributed by atoms with Crippen LogP contribution in [0.15, 0.2) is 48.6 Å². The fraction of sp³-hybridized carbons (Fsp3) is 0.333. The minimum atomic E-state index is 1.08. The van der Waals surface area contributed by atoms with Gasteiger partial charge in [0.25, 0.3) is 0 Å². The van der Waals surface area contributed by atoms with Gasteiger partial charge in [0.2, 0.25) is 0 Å². The van der Waals surface area contributed by atoms with Gasteiger partial charge >= 0.3 is 0 Å². The minimum Gasteiger partial charge on any atom is -0.0988 e. The van der Waals surface area contributed by atoms with Crippen molar-refractivity contribution in [2.45, 2.75) is 33.1 Å². The third-order valence-electron chi connectivity index (χ3n) is 2.59. The normalized spacial score (nSPS) is 11.5. The molecule has 0 aliphatic rings. The fourth-order valence-electron chi connectivity index (χ4n) is 1.66. The molecule has 0 nitrogen and oxygen atoms in total. The van der Waals surface area contributed by atoms with Crippen molar-refractivity contribution >= 4 is 0 Å². The first-order valence-electron chi connectivity index (χ1n) is 5.63. The number of rotatable bonds is 5. The molecule has 0 heteroatoms. The maximum atomic E-state index is 3.80. The van der Waals surface area contributed by atoms with E-state index in [4.69, 9.17) is 0 Å². The van der Waals surface area contributed by atoms with Crippen molar-refractivity contribution < 1.29 is 0 Å². The van der Waals surface area contributed by atoms with Gasteiger partial charge in [-0.25, -0.2) is 0 Å². The second-order valence-corrected chi connectivity index (χ2v) is 3.86. The molecule has 0 spiro atoms. The summed E-state index contributed by atoms with van der Waals surface area (Å²) in [7, 11) is 0. The van der Waals surface area contributed by atoms with Gasteiger partial charge in [-0.3, -0.25) is 0 Å². The average molecular weight is 200 g/mol. The van der Waals surface area contributed by atoms with Crippen molar-refractivity contribution in [2.75, 3.05) is 0 Å². The average Bonchev–Trinajstić information content (AvgIpc) is 2.25. The van der Waals surface area contributed by atoms with Crippen LogP contribution in [0, 0.1) is 6.92 Å². The maximum Gasteiger partial charge on any atom is -0.0244 e. The summed E-state index contributed by atoms with van der Waals surface area (Å²) in [6, 6.07) is 8.72. The second kappa shape index (κ2) is 6.23. The first kappa shape index (κ1) is 11.8. The monoisotopic (exact) mass is 200 g/mol. The number of benzene rings is 1. The molecule has 1 rings (SSSR count). The lowest BCUT2D eigenvalue weighted by Crippen LogP contribution is -1.85. The summed E-state index contributed by atoms with van der Waals surface area (Å²) >= 11 is 0. The van der Waals surface area contributed by atoms with E-state index in [1.54, 1.807) is 0 Å². The Bertz CT molecular complexity index is 345. The minimum absolute atomic E-state index is 1.08. The number of aryl methyl sites for hydroxylation is 2. The Morgan fingerprint density at radius 2 is 2.20 bits per heavy atom. The fourth-order valence-corrected chi connectivity index (χ4v) is 1.66. The Morgan fingerprint density at radius 3 is 2.80 bits per heavy atom. The van der Waals surface area contributed by atoms with Gasteiger partial charge in [-0.2, -0.15) is 0 Å². The van der Waals surface area contributed by atoms with Crippen LogP contribution in [0.5, 0.6) is 0 Å². The summed E-state index contributed by atoms with van der Waals surface area (Å²) in [6.45, 7) is 8.11. The number of hydrogen-bond acceptors (Lipinski definition) is 0. The van der Waals surface area contributed by atoms with Crippen molar-refractivity contribution in [3.63, 3.8) is 0 Å². The maximum absolute atomic E-state index is 3.80. The summed E-state index contributed by atoms with van der Waals surface area (Å²) in [5.74, 6) is 0. The van der Waals surface area contributed by atoms with Crippen molar-refractivity contribution in [2.24, 2.45) is 0 Å². The smallest absolute Gasteiger partial charge is 0.0244 e. The molecule has 0 aliphatic heterocycles. The summed E-state index contributed by atoms with van der Waals surface area (Å²) < 4.78 is 0. The molecule has 0 amide bonds. The van der Waals surface area contributed by atoms with Crippen LogP contribution in [-0.2, 0) is 6.42 Å². The third kappa shape index (κ3) is 4.16. The van der Waals surface area contributed by atoms with Crippen molar-refractivity contribution in [1.29, 1.82) is 0 Å². The van der Waals surface area contributed by atoms with Gasteiger partial charge in [0.1, 0.15) is 0 Å². The zero-order chi connectivity index (χ0) is 11.1.